The molecule has 134 valence electrons. The van der Waals surface area contributed by atoms with Crippen LogP contribution in [0.3, 0.4) is 0 Å². The molecule has 1 heteroatoms. The van der Waals surface area contributed by atoms with Crippen LogP contribution >= 0.6 is 0 Å². The number of Topliss-reactive ketones (excluding diaryl/α,β-unsaturated/α-hetero) is 1. The highest BCUT2D eigenvalue weighted by molar-refractivity contribution is 5.75. The Balaban J connectivity index is 2.26. The summed E-state index contributed by atoms with van der Waals surface area (Å²) >= 11 is 0. The van der Waals surface area contributed by atoms with Crippen LogP contribution in [0.4, 0.5) is 0 Å². The maximum absolute atomic E-state index is 11.8. The Bertz CT molecular complexity index is 677. The van der Waals surface area contributed by atoms with E-state index in [4.69, 9.17) is 0 Å². The maximum Gasteiger partial charge on any atom is 0.130 e. The van der Waals surface area contributed by atoms with Gasteiger partial charge in [0.25, 0.3) is 0 Å². The molecule has 0 aliphatic rings. The van der Waals surface area contributed by atoms with Gasteiger partial charge in [-0.2, -0.15) is 0 Å². The smallest absolute Gasteiger partial charge is 0.130 e. The molecule has 0 radical (unpaired) electrons. The molecule has 2 rings (SSSR count). The summed E-state index contributed by atoms with van der Waals surface area (Å²) in [6, 6.07) is 9.17. The molecule has 0 atom stereocenters. The summed E-state index contributed by atoms with van der Waals surface area (Å²) < 4.78 is 0. The van der Waals surface area contributed by atoms with Gasteiger partial charge in [-0.25, -0.2) is 0 Å². The third kappa shape index (κ3) is 5.04. The first-order chi connectivity index (χ1) is 11.7. The van der Waals surface area contributed by atoms with Gasteiger partial charge in [-0.1, -0.05) is 24.3 Å². The molecule has 0 heterocycles. The van der Waals surface area contributed by atoms with Gasteiger partial charge in [0.15, 0.2) is 0 Å². The van der Waals surface area contributed by atoms with Crippen LogP contribution < -0.4 is 0 Å². The summed E-state index contributed by atoms with van der Waals surface area (Å²) in [6.07, 6.45) is 2.58. The molecule has 0 unspecified atom stereocenters. The van der Waals surface area contributed by atoms with Gasteiger partial charge < -0.3 is 4.79 Å². The number of hydrogen-bond acceptors (Lipinski definition) is 1. The minimum Gasteiger partial charge on any atom is -0.300 e. The first-order valence-electron chi connectivity index (χ1n) is 9.30. The zero-order valence-electron chi connectivity index (χ0n) is 16.9. The molecule has 0 N–H and O–H groups in total. The number of aryl methyl sites for hydroxylation is 4. The predicted molar refractivity (Wildman–Crippen MR) is 108 cm³/mol. The van der Waals surface area contributed by atoms with Crippen LogP contribution in [-0.4, -0.2) is 5.78 Å². The second kappa shape index (κ2) is 7.99. The second-order valence-electron chi connectivity index (χ2n) is 7.89. The van der Waals surface area contributed by atoms with E-state index in [-0.39, 0.29) is 5.78 Å². The van der Waals surface area contributed by atoms with Crippen molar-refractivity contribution in [2.75, 3.05) is 0 Å². The average Bonchev–Trinajstić information content (AvgIpc) is 2.49. The molecule has 1 nitrogen and oxygen atoms in total. The Morgan fingerprint density at radius 2 is 1.04 bits per heavy atom. The highest BCUT2D eigenvalue weighted by Gasteiger charge is 2.15. The summed E-state index contributed by atoms with van der Waals surface area (Å²) in [7, 11) is 0. The summed E-state index contributed by atoms with van der Waals surface area (Å²) in [5.41, 5.74) is 10.8. The van der Waals surface area contributed by atoms with Crippen molar-refractivity contribution >= 4 is 5.78 Å². The van der Waals surface area contributed by atoms with Gasteiger partial charge >= 0.3 is 0 Å². The van der Waals surface area contributed by atoms with E-state index in [1.54, 1.807) is 6.92 Å². The molecule has 0 saturated heterocycles. The second-order valence-corrected chi connectivity index (χ2v) is 7.89. The van der Waals surface area contributed by atoms with Gasteiger partial charge in [-0.15, -0.1) is 0 Å². The topological polar surface area (TPSA) is 17.1 Å². The lowest BCUT2D eigenvalue weighted by atomic mass is 9.86. The first-order valence-corrected chi connectivity index (χ1v) is 9.30. The van der Waals surface area contributed by atoms with Crippen molar-refractivity contribution in [1.29, 1.82) is 0 Å². The van der Waals surface area contributed by atoms with E-state index in [2.05, 4.69) is 65.8 Å². The number of carbonyl (C=O) groups excluding carboxylic acids is 1. The summed E-state index contributed by atoms with van der Waals surface area (Å²) in [5.74, 6) is 0.645. The normalized spacial score (nSPS) is 11.2. The van der Waals surface area contributed by atoms with Crippen molar-refractivity contribution in [3.8, 4) is 0 Å². The summed E-state index contributed by atoms with van der Waals surface area (Å²) in [5, 5.41) is 0. The number of ketones is 1. The summed E-state index contributed by atoms with van der Waals surface area (Å²) in [4.78, 5) is 11.8. The minimum atomic E-state index is 0.283. The largest absolute Gasteiger partial charge is 0.300 e. The molecule has 0 saturated carbocycles. The molecular weight excluding hydrogens is 304 g/mol. The third-order valence-electron chi connectivity index (χ3n) is 5.60. The molecule has 0 aliphatic heterocycles. The molecule has 0 spiro atoms. The molecule has 0 fully saturated rings. The molecule has 0 amide bonds. The summed E-state index contributed by atoms with van der Waals surface area (Å²) in [6.45, 7) is 14.8. The first kappa shape index (κ1) is 19.4. The highest BCUT2D eigenvalue weighted by Crippen LogP contribution is 2.24. The van der Waals surface area contributed by atoms with Crippen molar-refractivity contribution in [1.82, 2.24) is 0 Å². The molecular formula is C24H32O. The van der Waals surface area contributed by atoms with Crippen LogP contribution in [0.5, 0.6) is 0 Å². The number of hydrogen-bond donors (Lipinski definition) is 0. The zero-order valence-corrected chi connectivity index (χ0v) is 16.9. The van der Waals surface area contributed by atoms with Crippen molar-refractivity contribution in [2.24, 2.45) is 5.92 Å². The highest BCUT2D eigenvalue weighted by atomic mass is 16.1. The fourth-order valence-electron chi connectivity index (χ4n) is 3.78. The van der Waals surface area contributed by atoms with E-state index in [9.17, 15) is 4.79 Å². The van der Waals surface area contributed by atoms with Gasteiger partial charge in [0.2, 0.25) is 0 Å². The van der Waals surface area contributed by atoms with Gasteiger partial charge in [-0.3, -0.25) is 0 Å². The molecule has 2 aromatic carbocycles. The lowest BCUT2D eigenvalue weighted by Gasteiger charge is -2.19. The Hall–Kier alpha value is -1.89. The molecule has 0 aromatic heterocycles. The van der Waals surface area contributed by atoms with E-state index in [1.165, 1.54) is 44.5 Å². The van der Waals surface area contributed by atoms with Gasteiger partial charge in [0.05, 0.1) is 0 Å². The lowest BCUT2D eigenvalue weighted by Crippen LogP contribution is -2.13. The quantitative estimate of drug-likeness (QED) is 0.640. The van der Waals surface area contributed by atoms with Crippen molar-refractivity contribution < 1.29 is 4.79 Å². The average molecular weight is 337 g/mol. The SMILES string of the molecule is CC(=O)CC(Cc1cc(C)c(C)c(C)c1)Cc1cc(C)c(C)c(C)c1. The third-order valence-corrected chi connectivity index (χ3v) is 5.60. The predicted octanol–water partition coefficient (Wildman–Crippen LogP) is 5.92. The standard InChI is InChI=1S/C24H32O/c1-15-8-22(9-16(2)20(15)6)13-24(12-19(5)25)14-23-10-17(3)21(7)18(4)11-23/h8-11,24H,12-14H2,1-7H3. The monoisotopic (exact) mass is 336 g/mol. The number of rotatable bonds is 6. The van der Waals surface area contributed by atoms with Crippen LogP contribution in [0.1, 0.15) is 57.9 Å². The fourth-order valence-corrected chi connectivity index (χ4v) is 3.78. The number of benzene rings is 2. The lowest BCUT2D eigenvalue weighted by molar-refractivity contribution is -0.117. The van der Waals surface area contributed by atoms with Crippen molar-refractivity contribution in [3.05, 3.63) is 68.8 Å². The van der Waals surface area contributed by atoms with Gasteiger partial charge in [0, 0.05) is 6.42 Å². The Labute approximate surface area is 153 Å². The van der Waals surface area contributed by atoms with Crippen molar-refractivity contribution in [3.63, 3.8) is 0 Å². The fraction of sp³-hybridized carbons (Fsp3) is 0.458. The molecule has 2 aromatic rings. The minimum absolute atomic E-state index is 0.283. The van der Waals surface area contributed by atoms with Gasteiger partial charge in [-0.05, 0) is 112 Å². The van der Waals surface area contributed by atoms with E-state index in [1.807, 2.05) is 0 Å². The van der Waals surface area contributed by atoms with Crippen LogP contribution in [0.25, 0.3) is 0 Å². The Kier molecular flexibility index (Phi) is 6.21. The van der Waals surface area contributed by atoms with E-state index in [0.29, 0.717) is 12.3 Å². The Morgan fingerprint density at radius 3 is 1.32 bits per heavy atom. The van der Waals surface area contributed by atoms with Crippen LogP contribution in [0.2, 0.25) is 0 Å². The van der Waals surface area contributed by atoms with E-state index >= 15 is 0 Å². The van der Waals surface area contributed by atoms with Crippen molar-refractivity contribution in [2.45, 2.75) is 67.7 Å². The van der Waals surface area contributed by atoms with Gasteiger partial charge in [0.1, 0.15) is 5.78 Å². The maximum atomic E-state index is 11.8. The van der Waals surface area contributed by atoms with E-state index in [0.717, 1.165) is 12.8 Å². The molecule has 25 heavy (non-hydrogen) atoms. The molecule has 0 bridgehead atoms. The number of carbonyl (C=O) groups is 1. The Morgan fingerprint density at radius 1 is 0.720 bits per heavy atom. The van der Waals surface area contributed by atoms with Crippen LogP contribution in [-0.2, 0) is 17.6 Å². The van der Waals surface area contributed by atoms with Crippen LogP contribution in [0.15, 0.2) is 24.3 Å². The van der Waals surface area contributed by atoms with E-state index < -0.39 is 0 Å². The zero-order chi connectivity index (χ0) is 18.7. The molecule has 0 aliphatic carbocycles. The van der Waals surface area contributed by atoms with Crippen LogP contribution in [0, 0.1) is 47.5 Å².